The number of nitrogens with zero attached hydrogens (tertiary/aromatic N) is 1. The molecule has 0 aromatic heterocycles. The Bertz CT molecular complexity index is 103. The first kappa shape index (κ1) is 3.21. The molecule has 0 aliphatic carbocycles. The van der Waals surface area contributed by atoms with E-state index in [1.165, 1.54) is 12.7 Å². The van der Waals surface area contributed by atoms with E-state index in [4.69, 9.17) is 5.73 Å². The van der Waals surface area contributed by atoms with Crippen LogP contribution in [-0.4, -0.2) is 6.40 Å². The maximum absolute atomic E-state index is 5.07. The molecule has 2 N–H and O–H groups in total. The predicted octanol–water partition coefficient (Wildman–Crippen LogP) is -0.862. The Morgan fingerprint density at radius 3 is 2.83 bits per heavy atom. The third-order valence-corrected chi connectivity index (χ3v) is 0.451. The molecule has 1 heterocycles. The molecule has 0 saturated carbocycles. The third-order valence-electron chi connectivity index (χ3n) is 0.451. The summed E-state index contributed by atoms with van der Waals surface area (Å²) in [6, 6.07) is 0. The van der Waals surface area contributed by atoms with Gasteiger partial charge in [-0.25, -0.2) is 0 Å². The van der Waals surface area contributed by atoms with Gasteiger partial charge in [-0.15, -0.1) is 0 Å². The predicted molar refractivity (Wildman–Crippen MR) is 21.6 cm³/mol. The van der Waals surface area contributed by atoms with Crippen LogP contribution in [0.2, 0.25) is 0 Å². The summed E-state index contributed by atoms with van der Waals surface area (Å²) in [7, 11) is 0. The Hall–Kier alpha value is -0.990. The molecule has 1 aliphatic heterocycles. The summed E-state index contributed by atoms with van der Waals surface area (Å²) in [5, 5.41) is 0. The molecule has 31 valence electrons. The number of hydrogen-bond acceptors (Lipinski definition) is 3. The van der Waals surface area contributed by atoms with E-state index in [2.05, 4.69) is 9.73 Å². The van der Waals surface area contributed by atoms with E-state index in [1.807, 2.05) is 0 Å². The SMILES string of the molecule is NC1=COC=[N+]1. The van der Waals surface area contributed by atoms with Crippen molar-refractivity contribution in [2.24, 2.45) is 5.73 Å². The minimum absolute atomic E-state index is 0.426. The lowest BCUT2D eigenvalue weighted by atomic mass is 10.9. The average molecular weight is 84.1 g/mol. The van der Waals surface area contributed by atoms with E-state index >= 15 is 0 Å². The Balaban J connectivity index is 2.68. The van der Waals surface area contributed by atoms with E-state index in [-0.39, 0.29) is 0 Å². The molecule has 0 unspecified atom stereocenters. The summed E-state index contributed by atoms with van der Waals surface area (Å²) >= 11 is 0. The Labute approximate surface area is 35.1 Å². The topological polar surface area (TPSA) is 49.4 Å². The van der Waals surface area contributed by atoms with Gasteiger partial charge in [-0.3, -0.25) is 5.73 Å². The van der Waals surface area contributed by atoms with Crippen molar-refractivity contribution in [3.8, 4) is 0 Å². The van der Waals surface area contributed by atoms with Crippen molar-refractivity contribution >= 4 is 6.40 Å². The van der Waals surface area contributed by atoms with E-state index in [1.54, 1.807) is 0 Å². The molecule has 0 fully saturated rings. The highest BCUT2D eigenvalue weighted by molar-refractivity contribution is 5.50. The van der Waals surface area contributed by atoms with Crippen LogP contribution in [0.4, 0.5) is 0 Å². The van der Waals surface area contributed by atoms with Crippen LogP contribution in [0.3, 0.4) is 0 Å². The zero-order valence-electron chi connectivity index (χ0n) is 3.09. The first-order valence-electron chi connectivity index (χ1n) is 1.53. The zero-order valence-corrected chi connectivity index (χ0v) is 3.09. The summed E-state index contributed by atoms with van der Waals surface area (Å²) in [6.45, 7) is 0. The maximum Gasteiger partial charge on any atom is 0.353 e. The Kier molecular flexibility index (Phi) is 0.538. The summed E-state index contributed by atoms with van der Waals surface area (Å²) in [4.78, 5) is 3.53. The zero-order chi connectivity index (χ0) is 4.41. The van der Waals surface area contributed by atoms with E-state index in [0.717, 1.165) is 0 Å². The van der Waals surface area contributed by atoms with Crippen molar-refractivity contribution in [1.82, 2.24) is 4.99 Å². The molecule has 0 saturated heterocycles. The van der Waals surface area contributed by atoms with E-state index < -0.39 is 0 Å². The molecule has 0 spiro atoms. The third kappa shape index (κ3) is 0.337. The molecule has 1 rings (SSSR count). The molecule has 0 bridgehead atoms. The van der Waals surface area contributed by atoms with E-state index in [0.29, 0.717) is 5.82 Å². The van der Waals surface area contributed by atoms with Gasteiger partial charge in [0.15, 0.2) is 6.26 Å². The fourth-order valence-electron chi connectivity index (χ4n) is 0.222. The van der Waals surface area contributed by atoms with Crippen LogP contribution in [0.1, 0.15) is 0 Å². The molecular weight excluding hydrogens is 80.0 g/mol. The maximum atomic E-state index is 5.07. The van der Waals surface area contributed by atoms with Crippen LogP contribution < -0.4 is 10.7 Å². The van der Waals surface area contributed by atoms with Gasteiger partial charge in [-0.1, -0.05) is 0 Å². The van der Waals surface area contributed by atoms with Crippen LogP contribution >= 0.6 is 0 Å². The van der Waals surface area contributed by atoms with Crippen LogP contribution in [0.5, 0.6) is 0 Å². The molecule has 6 heavy (non-hydrogen) atoms. The summed E-state index contributed by atoms with van der Waals surface area (Å²) in [6.07, 6.45) is 2.66. The largest absolute Gasteiger partial charge is 0.425 e. The highest BCUT2D eigenvalue weighted by atomic mass is 16.5. The van der Waals surface area contributed by atoms with Crippen LogP contribution in [-0.2, 0) is 4.74 Å². The molecule has 1 aliphatic rings. The summed E-state index contributed by atoms with van der Waals surface area (Å²) in [5.74, 6) is 0.426. The van der Waals surface area contributed by atoms with E-state index in [9.17, 15) is 0 Å². The second-order valence-electron chi connectivity index (χ2n) is 0.913. The van der Waals surface area contributed by atoms with Crippen molar-refractivity contribution in [3.63, 3.8) is 0 Å². The molecule has 3 nitrogen and oxygen atoms in total. The highest BCUT2D eigenvalue weighted by Gasteiger charge is 2.00. The van der Waals surface area contributed by atoms with Crippen LogP contribution in [0.15, 0.2) is 12.1 Å². The molecule has 0 aromatic rings. The summed E-state index contributed by atoms with van der Waals surface area (Å²) < 4.78 is 4.48. The second-order valence-corrected chi connectivity index (χ2v) is 0.913. The lowest BCUT2D eigenvalue weighted by molar-refractivity contribution is 0.504. The molecule has 1 radical (unpaired) electrons. The summed E-state index contributed by atoms with van der Waals surface area (Å²) in [5.41, 5.74) is 5.07. The number of nitrogens with two attached hydrogens (primary N) is 1. The van der Waals surface area contributed by atoms with Gasteiger partial charge in [0.1, 0.15) is 0 Å². The lowest BCUT2D eigenvalue weighted by Gasteiger charge is -1.64. The fraction of sp³-hybridized carbons (Fsp3) is 0. The van der Waals surface area contributed by atoms with Gasteiger partial charge in [0, 0.05) is 0 Å². The number of ether oxygens (including phenoxy) is 1. The van der Waals surface area contributed by atoms with Gasteiger partial charge >= 0.3 is 5.82 Å². The first-order chi connectivity index (χ1) is 2.89. The van der Waals surface area contributed by atoms with Crippen LogP contribution in [0, 0.1) is 0 Å². The van der Waals surface area contributed by atoms with Gasteiger partial charge in [-0.2, -0.15) is 0 Å². The molecule has 0 amide bonds. The second kappa shape index (κ2) is 1.01. The average Bonchev–Trinajstić information content (AvgIpc) is 1.86. The quantitative estimate of drug-likeness (QED) is 0.415. The Morgan fingerprint density at radius 1 is 1.83 bits per heavy atom. The minimum atomic E-state index is 0.426. The van der Waals surface area contributed by atoms with Crippen molar-refractivity contribution in [3.05, 3.63) is 12.1 Å². The van der Waals surface area contributed by atoms with Gasteiger partial charge in [0.2, 0.25) is 0 Å². The molecule has 0 atom stereocenters. The number of aliphatic imine (C=N–C) groups is 1. The van der Waals surface area contributed by atoms with Crippen molar-refractivity contribution < 1.29 is 4.74 Å². The van der Waals surface area contributed by atoms with Gasteiger partial charge < -0.3 is 4.74 Å². The highest BCUT2D eigenvalue weighted by Crippen LogP contribution is 1.80. The smallest absolute Gasteiger partial charge is 0.353 e. The van der Waals surface area contributed by atoms with Crippen molar-refractivity contribution in [1.29, 1.82) is 0 Å². The monoisotopic (exact) mass is 84.0 g/mol. The van der Waals surface area contributed by atoms with Crippen LogP contribution in [0.25, 0.3) is 0 Å². The van der Waals surface area contributed by atoms with Gasteiger partial charge in [0.05, 0.1) is 0 Å². The lowest BCUT2D eigenvalue weighted by Crippen LogP contribution is -1.97. The molecule has 0 aromatic carbocycles. The van der Waals surface area contributed by atoms with Gasteiger partial charge in [0.25, 0.3) is 6.40 Å². The number of hydrogen-bond donors (Lipinski definition) is 1. The minimum Gasteiger partial charge on any atom is -0.425 e. The molecular formula is C3H4N2O+. The van der Waals surface area contributed by atoms with Gasteiger partial charge in [-0.05, 0) is 4.99 Å². The fourth-order valence-corrected chi connectivity index (χ4v) is 0.222. The van der Waals surface area contributed by atoms with Crippen molar-refractivity contribution in [2.45, 2.75) is 0 Å². The Morgan fingerprint density at radius 2 is 2.67 bits per heavy atom. The number of rotatable bonds is 0. The first-order valence-corrected chi connectivity index (χ1v) is 1.53. The van der Waals surface area contributed by atoms with Crippen molar-refractivity contribution in [2.75, 3.05) is 0 Å². The molecule has 3 heteroatoms. The normalized spacial score (nSPS) is 17.0. The standard InChI is InChI=1S/C3H4N2O/c4-3-1-6-2-5-3/h1-2H,4H2/q+1.